The molecule has 3 aromatic rings. The molecule has 1 aliphatic rings. The first-order valence-corrected chi connectivity index (χ1v) is 15.5. The van der Waals surface area contributed by atoms with Crippen LogP contribution < -0.4 is 10.1 Å². The summed E-state index contributed by atoms with van der Waals surface area (Å²) in [6.07, 6.45) is 3.27. The Morgan fingerprint density at radius 3 is 2.24 bits per heavy atom. The lowest BCUT2D eigenvalue weighted by Gasteiger charge is -2.38. The van der Waals surface area contributed by atoms with Gasteiger partial charge in [-0.3, -0.25) is 9.59 Å². The number of aldehydes is 1. The second kappa shape index (κ2) is 13.0. The van der Waals surface area contributed by atoms with Gasteiger partial charge in [0.2, 0.25) is 11.5 Å². The smallest absolute Gasteiger partial charge is 0.349 e. The third-order valence-electron chi connectivity index (χ3n) is 7.55. The maximum atomic E-state index is 13.3. The molecule has 0 saturated heterocycles. The fraction of sp³-hybridized carbons (Fsp3) is 0.433. The first-order chi connectivity index (χ1) is 19.5. The highest BCUT2D eigenvalue weighted by Crippen LogP contribution is 2.38. The van der Waals surface area contributed by atoms with Gasteiger partial charge in [0.05, 0.1) is 38.6 Å². The van der Waals surface area contributed by atoms with Crippen molar-refractivity contribution >= 4 is 58.1 Å². The average Bonchev–Trinajstić information content (AvgIpc) is 3.69. The fourth-order valence-corrected chi connectivity index (χ4v) is 7.11. The quantitative estimate of drug-likeness (QED) is 0.201. The summed E-state index contributed by atoms with van der Waals surface area (Å²) in [4.78, 5) is 41.0. The molecule has 1 aliphatic carbocycles. The summed E-state index contributed by atoms with van der Waals surface area (Å²) in [5.74, 6) is -0.527. The second-order valence-corrected chi connectivity index (χ2v) is 13.2. The average molecular weight is 619 g/mol. The summed E-state index contributed by atoms with van der Waals surface area (Å²) >= 11 is 8.95. The van der Waals surface area contributed by atoms with Gasteiger partial charge in [-0.2, -0.15) is 0 Å². The van der Waals surface area contributed by atoms with Crippen LogP contribution in [-0.2, 0) is 19.9 Å². The van der Waals surface area contributed by atoms with E-state index in [0.717, 1.165) is 12.8 Å². The van der Waals surface area contributed by atoms with E-state index >= 15 is 0 Å². The van der Waals surface area contributed by atoms with E-state index in [-0.39, 0.29) is 23.1 Å². The first kappa shape index (κ1) is 31.2. The number of carbonyl (C=O) groups excluding carboxylic acids is 3. The van der Waals surface area contributed by atoms with E-state index in [0.29, 0.717) is 52.4 Å². The number of nitrogens with one attached hydrogen (secondary N) is 1. The van der Waals surface area contributed by atoms with Crippen molar-refractivity contribution in [2.24, 2.45) is 5.41 Å². The SMILES string of the molecule is COc1cc(NC(=O)C(C)(C)CN(C)[C@H]2CC[C@H](OC(=O)C(O)(c3cccs3)c3cccs3)CC2)c(Cl)cc1C=O. The van der Waals surface area contributed by atoms with Crippen molar-refractivity contribution in [3.05, 3.63) is 67.5 Å². The normalized spacial score (nSPS) is 17.7. The molecule has 1 saturated carbocycles. The summed E-state index contributed by atoms with van der Waals surface area (Å²) < 4.78 is 11.1. The van der Waals surface area contributed by atoms with E-state index in [1.165, 1.54) is 35.8 Å². The molecule has 0 atom stereocenters. The molecular formula is C30H35ClN2O6S2. The molecule has 2 N–H and O–H groups in total. The molecule has 1 aromatic carbocycles. The lowest BCUT2D eigenvalue weighted by molar-refractivity contribution is -0.169. The number of nitrogens with zero attached hydrogens (tertiary/aromatic N) is 1. The standard InChI is InChI=1S/C30H35ClN2O6S2/c1-29(2,27(35)32-23-16-24(38-4)19(17-34)15-22(23)31)18-33(3)20-9-11-21(12-10-20)39-28(36)30(37,25-7-5-13-40-25)26-8-6-14-41-26/h5-8,13-17,20-21,37H,9-12,18H2,1-4H3,(H,32,35)/t20-,21-. The van der Waals surface area contributed by atoms with Gasteiger partial charge in [0.25, 0.3) is 0 Å². The summed E-state index contributed by atoms with van der Waals surface area (Å²) in [5.41, 5.74) is -1.88. The van der Waals surface area contributed by atoms with Crippen molar-refractivity contribution in [2.45, 2.75) is 57.3 Å². The van der Waals surface area contributed by atoms with Crippen molar-refractivity contribution in [1.82, 2.24) is 4.90 Å². The van der Waals surface area contributed by atoms with E-state index in [1.54, 1.807) is 18.2 Å². The number of ether oxygens (including phenoxy) is 2. The monoisotopic (exact) mass is 618 g/mol. The predicted molar refractivity (Wildman–Crippen MR) is 162 cm³/mol. The molecule has 41 heavy (non-hydrogen) atoms. The summed E-state index contributed by atoms with van der Waals surface area (Å²) in [6.45, 7) is 4.23. The number of benzene rings is 1. The van der Waals surface area contributed by atoms with Crippen LogP contribution in [0.3, 0.4) is 0 Å². The number of thiophene rings is 2. The molecular weight excluding hydrogens is 584 g/mol. The van der Waals surface area contributed by atoms with Gasteiger partial charge in [0.1, 0.15) is 11.9 Å². The van der Waals surface area contributed by atoms with Gasteiger partial charge >= 0.3 is 5.97 Å². The highest BCUT2D eigenvalue weighted by Gasteiger charge is 2.45. The number of esters is 1. The molecule has 0 unspecified atom stereocenters. The number of hydrogen-bond donors (Lipinski definition) is 2. The van der Waals surface area contributed by atoms with E-state index in [4.69, 9.17) is 21.1 Å². The molecule has 11 heteroatoms. The van der Waals surface area contributed by atoms with Crippen molar-refractivity contribution in [2.75, 3.05) is 26.0 Å². The minimum absolute atomic E-state index is 0.209. The molecule has 1 fully saturated rings. The Labute approximate surface area is 253 Å². The maximum Gasteiger partial charge on any atom is 0.349 e. The van der Waals surface area contributed by atoms with Gasteiger partial charge in [0, 0.05) is 18.7 Å². The number of amides is 1. The highest BCUT2D eigenvalue weighted by atomic mass is 35.5. The molecule has 0 bridgehead atoms. The van der Waals surface area contributed by atoms with Gasteiger partial charge in [-0.15, -0.1) is 22.7 Å². The number of anilines is 1. The molecule has 1 amide bonds. The Morgan fingerprint density at radius 2 is 1.73 bits per heavy atom. The van der Waals surface area contributed by atoms with Gasteiger partial charge in [0.15, 0.2) is 6.29 Å². The van der Waals surface area contributed by atoms with E-state index in [1.807, 2.05) is 43.8 Å². The molecule has 220 valence electrons. The third-order valence-corrected chi connectivity index (χ3v) is 9.82. The van der Waals surface area contributed by atoms with Gasteiger partial charge in [-0.1, -0.05) is 23.7 Å². The van der Waals surface area contributed by atoms with Crippen LogP contribution in [0.2, 0.25) is 5.02 Å². The fourth-order valence-electron chi connectivity index (χ4n) is 5.18. The molecule has 0 radical (unpaired) electrons. The van der Waals surface area contributed by atoms with Crippen LogP contribution in [0.25, 0.3) is 0 Å². The number of aliphatic hydroxyl groups is 1. The number of methoxy groups -OCH3 is 1. The maximum absolute atomic E-state index is 13.3. The molecule has 0 aliphatic heterocycles. The van der Waals surface area contributed by atoms with Gasteiger partial charge in [-0.25, -0.2) is 4.79 Å². The van der Waals surface area contributed by atoms with E-state index in [2.05, 4.69) is 10.2 Å². The third kappa shape index (κ3) is 6.84. The summed E-state index contributed by atoms with van der Waals surface area (Å²) in [6, 6.07) is 10.3. The van der Waals surface area contributed by atoms with Crippen LogP contribution in [0, 0.1) is 5.41 Å². The van der Waals surface area contributed by atoms with Crippen LogP contribution in [0.15, 0.2) is 47.2 Å². The minimum Gasteiger partial charge on any atom is -0.496 e. The zero-order chi connectivity index (χ0) is 29.8. The highest BCUT2D eigenvalue weighted by molar-refractivity contribution is 7.12. The Bertz CT molecular complexity index is 1320. The summed E-state index contributed by atoms with van der Waals surface area (Å²) in [5, 5.41) is 18.3. The van der Waals surface area contributed by atoms with Crippen molar-refractivity contribution in [3.63, 3.8) is 0 Å². The summed E-state index contributed by atoms with van der Waals surface area (Å²) in [7, 11) is 3.44. The molecule has 4 rings (SSSR count). The molecule has 8 nitrogen and oxygen atoms in total. The molecule has 0 spiro atoms. The topological polar surface area (TPSA) is 105 Å². The van der Waals surface area contributed by atoms with Crippen LogP contribution in [0.4, 0.5) is 5.69 Å². The van der Waals surface area contributed by atoms with Gasteiger partial charge < -0.3 is 24.8 Å². The van der Waals surface area contributed by atoms with Crippen molar-refractivity contribution < 1.29 is 29.0 Å². The number of hydrogen-bond acceptors (Lipinski definition) is 9. The number of halogens is 1. The number of rotatable bonds is 11. The predicted octanol–water partition coefficient (Wildman–Crippen LogP) is 5.97. The van der Waals surface area contributed by atoms with Crippen LogP contribution in [0.5, 0.6) is 5.75 Å². The van der Waals surface area contributed by atoms with E-state index < -0.39 is 17.0 Å². The first-order valence-electron chi connectivity index (χ1n) is 13.4. The lowest BCUT2D eigenvalue weighted by atomic mass is 9.87. The Kier molecular flexibility index (Phi) is 9.92. The lowest BCUT2D eigenvalue weighted by Crippen LogP contribution is -2.46. The van der Waals surface area contributed by atoms with E-state index in [9.17, 15) is 19.5 Å². The molecule has 2 aromatic heterocycles. The zero-order valence-corrected chi connectivity index (χ0v) is 25.9. The molecule has 2 heterocycles. The van der Waals surface area contributed by atoms with Crippen LogP contribution >= 0.6 is 34.3 Å². The van der Waals surface area contributed by atoms with Crippen LogP contribution in [-0.4, -0.2) is 61.0 Å². The Morgan fingerprint density at radius 1 is 1.12 bits per heavy atom. The minimum atomic E-state index is -1.81. The zero-order valence-electron chi connectivity index (χ0n) is 23.5. The van der Waals surface area contributed by atoms with Crippen LogP contribution in [0.1, 0.15) is 59.6 Å². The Hall–Kier alpha value is -2.76. The largest absolute Gasteiger partial charge is 0.496 e. The van der Waals surface area contributed by atoms with Crippen molar-refractivity contribution in [3.8, 4) is 5.75 Å². The van der Waals surface area contributed by atoms with Crippen molar-refractivity contribution in [1.29, 1.82) is 0 Å². The number of carbonyl (C=O) groups is 3. The Balaban J connectivity index is 1.33. The van der Waals surface area contributed by atoms with Gasteiger partial charge in [-0.05, 0) is 75.5 Å². The second-order valence-electron chi connectivity index (χ2n) is 10.9.